The molecule has 24 heavy (non-hydrogen) atoms. The Hall–Kier alpha value is -0.569. The number of benzene rings is 1. The Bertz CT molecular complexity index is 591. The minimum atomic E-state index is -1.74. The summed E-state index contributed by atoms with van der Waals surface area (Å²) in [5, 5.41) is 0.768. The van der Waals surface area contributed by atoms with Crippen LogP contribution in [0.25, 0.3) is 0 Å². The molecule has 0 bridgehead atoms. The average Bonchev–Trinajstić information content (AvgIpc) is 2.43. The first-order chi connectivity index (χ1) is 10.6. The number of rotatable bonds is 2. The molecule has 0 radical (unpaired) electrons. The Morgan fingerprint density at radius 2 is 1.04 bits per heavy atom. The fraction of sp³-hybridized carbons (Fsp3) is 0.619. The van der Waals surface area contributed by atoms with E-state index >= 15 is 0 Å². The highest BCUT2D eigenvalue weighted by Crippen LogP contribution is 2.51. The molecular formula is C21H38Si3. The van der Waals surface area contributed by atoms with Crippen molar-refractivity contribution >= 4 is 22.3 Å². The summed E-state index contributed by atoms with van der Waals surface area (Å²) in [6.07, 6.45) is 0. The molecule has 134 valence electrons. The van der Waals surface area contributed by atoms with E-state index in [1.807, 2.05) is 0 Å². The molecule has 0 N–H and O–H groups in total. The predicted octanol–water partition coefficient (Wildman–Crippen LogP) is 6.83. The van der Waals surface area contributed by atoms with Gasteiger partial charge >= 0.3 is 0 Å². The van der Waals surface area contributed by atoms with Crippen molar-refractivity contribution < 1.29 is 0 Å². The van der Waals surface area contributed by atoms with E-state index in [2.05, 4.69) is 116 Å². The second-order valence-electron chi connectivity index (χ2n) is 10.5. The standard InChI is InChI=1S/C21H38Si3/c1-20(2,3)22(7,8)24(11,23(9,10)21(4,5)6)18-17-19-15-13-12-14-16-19/h12-16H,1-11H3. The van der Waals surface area contributed by atoms with Crippen LogP contribution in [0.4, 0.5) is 0 Å². The summed E-state index contributed by atoms with van der Waals surface area (Å²) in [5.41, 5.74) is 5.19. The summed E-state index contributed by atoms with van der Waals surface area (Å²) in [5.74, 6) is 3.62. The Labute approximate surface area is 154 Å². The second kappa shape index (κ2) is 6.63. The van der Waals surface area contributed by atoms with E-state index in [9.17, 15) is 0 Å². The van der Waals surface area contributed by atoms with E-state index in [1.54, 1.807) is 0 Å². The van der Waals surface area contributed by atoms with E-state index in [0.29, 0.717) is 10.1 Å². The molecule has 0 saturated carbocycles. The zero-order valence-corrected chi connectivity index (χ0v) is 20.9. The van der Waals surface area contributed by atoms with Crippen molar-refractivity contribution in [2.24, 2.45) is 0 Å². The van der Waals surface area contributed by atoms with Crippen molar-refractivity contribution in [3.05, 3.63) is 35.9 Å². The van der Waals surface area contributed by atoms with Gasteiger partial charge < -0.3 is 0 Å². The summed E-state index contributed by atoms with van der Waals surface area (Å²) in [6.45, 7) is 27.9. The summed E-state index contributed by atoms with van der Waals surface area (Å²) in [6, 6.07) is 10.6. The van der Waals surface area contributed by atoms with E-state index in [0.717, 1.165) is 0 Å². The summed E-state index contributed by atoms with van der Waals surface area (Å²) < 4.78 is 0. The van der Waals surface area contributed by atoms with Crippen molar-refractivity contribution in [1.82, 2.24) is 0 Å². The zero-order chi connectivity index (χ0) is 19.0. The van der Waals surface area contributed by atoms with Crippen LogP contribution in [0.15, 0.2) is 30.3 Å². The lowest BCUT2D eigenvalue weighted by Gasteiger charge is -2.57. The molecule has 1 aromatic rings. The van der Waals surface area contributed by atoms with Gasteiger partial charge in [0.15, 0.2) is 0 Å². The summed E-state index contributed by atoms with van der Waals surface area (Å²) in [4.78, 5) is 0. The third-order valence-corrected chi connectivity index (χ3v) is 52.1. The van der Waals surface area contributed by atoms with Gasteiger partial charge in [-0.3, -0.25) is 0 Å². The van der Waals surface area contributed by atoms with Crippen LogP contribution in [-0.4, -0.2) is 22.3 Å². The van der Waals surface area contributed by atoms with Crippen LogP contribution in [0.5, 0.6) is 0 Å². The molecule has 0 spiro atoms. The van der Waals surface area contributed by atoms with Crippen molar-refractivity contribution in [3.63, 3.8) is 0 Å². The van der Waals surface area contributed by atoms with Crippen LogP contribution in [0.3, 0.4) is 0 Å². The molecule has 0 atom stereocenters. The maximum absolute atomic E-state index is 4.02. The number of hydrogen-bond acceptors (Lipinski definition) is 0. The quantitative estimate of drug-likeness (QED) is 0.393. The van der Waals surface area contributed by atoms with Gasteiger partial charge in [-0.2, -0.15) is 0 Å². The smallest absolute Gasteiger partial charge is 0.120 e. The Balaban J connectivity index is 3.64. The van der Waals surface area contributed by atoms with E-state index in [4.69, 9.17) is 0 Å². The lowest BCUT2D eigenvalue weighted by molar-refractivity contribution is 0.725. The van der Waals surface area contributed by atoms with Crippen molar-refractivity contribution in [1.29, 1.82) is 0 Å². The first-order valence-electron chi connectivity index (χ1n) is 9.16. The second-order valence-corrected chi connectivity index (χ2v) is 37.5. The van der Waals surface area contributed by atoms with Gasteiger partial charge in [0.05, 0.1) is 15.2 Å². The molecule has 0 fully saturated rings. The molecule has 0 aromatic heterocycles. The molecule has 0 unspecified atom stereocenters. The molecule has 0 amide bonds. The Morgan fingerprint density at radius 1 is 0.667 bits per heavy atom. The van der Waals surface area contributed by atoms with Crippen LogP contribution in [0.2, 0.25) is 42.8 Å². The lowest BCUT2D eigenvalue weighted by atomic mass is 10.2. The van der Waals surface area contributed by atoms with Gasteiger partial charge in [-0.1, -0.05) is 98.4 Å². The van der Waals surface area contributed by atoms with Gasteiger partial charge in [-0.05, 0) is 22.2 Å². The highest BCUT2D eigenvalue weighted by molar-refractivity contribution is 7.72. The molecule has 0 saturated heterocycles. The van der Waals surface area contributed by atoms with Crippen molar-refractivity contribution in [2.75, 3.05) is 0 Å². The molecule has 1 aromatic carbocycles. The van der Waals surface area contributed by atoms with E-state index in [-0.39, 0.29) is 0 Å². The lowest BCUT2D eigenvalue weighted by Crippen LogP contribution is -2.76. The Kier molecular flexibility index (Phi) is 5.93. The molecular weight excluding hydrogens is 336 g/mol. The van der Waals surface area contributed by atoms with Crippen LogP contribution in [-0.2, 0) is 0 Å². The SMILES string of the molecule is CC(C)(C)[Si](C)(C)[Si](C)(C#Cc1ccccc1)[Si](C)(C)C(C)(C)C. The van der Waals surface area contributed by atoms with Crippen LogP contribution in [0, 0.1) is 11.5 Å². The van der Waals surface area contributed by atoms with Gasteiger partial charge in [0.25, 0.3) is 0 Å². The third-order valence-electron chi connectivity index (χ3n) is 7.48. The zero-order valence-electron chi connectivity index (χ0n) is 17.9. The largest absolute Gasteiger partial charge is 0.132 e. The van der Waals surface area contributed by atoms with Gasteiger partial charge in [0, 0.05) is 5.56 Å². The average molecular weight is 375 g/mol. The highest BCUT2D eigenvalue weighted by Gasteiger charge is 2.62. The monoisotopic (exact) mass is 374 g/mol. The van der Waals surface area contributed by atoms with E-state index in [1.165, 1.54) is 5.56 Å². The maximum atomic E-state index is 4.02. The Morgan fingerprint density at radius 3 is 1.38 bits per heavy atom. The molecule has 0 aliphatic carbocycles. The maximum Gasteiger partial charge on any atom is 0.120 e. The summed E-state index contributed by atoms with van der Waals surface area (Å²) >= 11 is 0. The molecule has 0 nitrogen and oxygen atoms in total. The molecule has 3 heteroatoms. The minimum absolute atomic E-state index is 0.384. The third kappa shape index (κ3) is 3.66. The topological polar surface area (TPSA) is 0 Å². The molecule has 0 heterocycles. The van der Waals surface area contributed by atoms with Crippen molar-refractivity contribution in [3.8, 4) is 11.5 Å². The van der Waals surface area contributed by atoms with Gasteiger partial charge in [-0.25, -0.2) is 0 Å². The van der Waals surface area contributed by atoms with Crippen LogP contribution < -0.4 is 0 Å². The first-order valence-corrected chi connectivity index (χ1v) is 19.7. The van der Waals surface area contributed by atoms with Crippen molar-refractivity contribution in [2.45, 2.75) is 84.4 Å². The number of hydrogen-bond donors (Lipinski definition) is 0. The van der Waals surface area contributed by atoms with Crippen LogP contribution >= 0.6 is 0 Å². The molecule has 0 aliphatic heterocycles. The van der Waals surface area contributed by atoms with Gasteiger partial charge in [-0.15, -0.1) is 5.54 Å². The fourth-order valence-electron chi connectivity index (χ4n) is 3.31. The van der Waals surface area contributed by atoms with Gasteiger partial charge in [0.1, 0.15) is 7.11 Å². The predicted molar refractivity (Wildman–Crippen MR) is 119 cm³/mol. The molecule has 0 aliphatic rings. The van der Waals surface area contributed by atoms with Gasteiger partial charge in [0.2, 0.25) is 0 Å². The highest BCUT2D eigenvalue weighted by atomic mass is 29.6. The first kappa shape index (κ1) is 21.5. The summed E-state index contributed by atoms with van der Waals surface area (Å²) in [7, 11) is -4.80. The normalized spacial score (nSPS) is 14.1. The molecule has 1 rings (SSSR count). The fourth-order valence-corrected chi connectivity index (χ4v) is 45.6. The van der Waals surface area contributed by atoms with E-state index < -0.39 is 22.3 Å². The minimum Gasteiger partial charge on any atom is -0.132 e. The van der Waals surface area contributed by atoms with Crippen LogP contribution in [0.1, 0.15) is 47.1 Å².